The largest absolute Gasteiger partial charge is 0.437 e. The van der Waals surface area contributed by atoms with Gasteiger partial charge in [0.05, 0.1) is 6.26 Å². The van der Waals surface area contributed by atoms with Gasteiger partial charge in [-0.3, -0.25) is 4.79 Å². The second kappa shape index (κ2) is 6.23. The molecular formula is C15H26O2. The van der Waals surface area contributed by atoms with Gasteiger partial charge in [0.2, 0.25) is 0 Å². The number of allylic oxidation sites excluding steroid dienone is 1. The smallest absolute Gasteiger partial charge is 0.297 e. The predicted octanol–water partition coefficient (Wildman–Crippen LogP) is 4.31. The summed E-state index contributed by atoms with van der Waals surface area (Å²) in [5.74, 6) is 1.61. The van der Waals surface area contributed by atoms with Crippen LogP contribution in [0.4, 0.5) is 0 Å². The Morgan fingerprint density at radius 1 is 1.47 bits per heavy atom. The van der Waals surface area contributed by atoms with Crippen LogP contribution in [-0.2, 0) is 9.53 Å². The molecule has 2 nitrogen and oxygen atoms in total. The van der Waals surface area contributed by atoms with Crippen LogP contribution in [0.2, 0.25) is 0 Å². The Hall–Kier alpha value is -0.790. The lowest BCUT2D eigenvalue weighted by molar-refractivity contribution is -0.123. The molecule has 2 heteroatoms. The highest BCUT2D eigenvalue weighted by molar-refractivity contribution is 5.38. The van der Waals surface area contributed by atoms with Crippen molar-refractivity contribution in [3.8, 4) is 0 Å². The zero-order valence-electron chi connectivity index (χ0n) is 11.7. The van der Waals surface area contributed by atoms with Crippen LogP contribution in [0.1, 0.15) is 59.8 Å². The quantitative estimate of drug-likeness (QED) is 0.527. The average molecular weight is 238 g/mol. The highest BCUT2D eigenvalue weighted by Crippen LogP contribution is 2.46. The zero-order valence-corrected chi connectivity index (χ0v) is 11.7. The minimum atomic E-state index is 0.462. The van der Waals surface area contributed by atoms with Crippen LogP contribution in [0, 0.1) is 17.3 Å². The summed E-state index contributed by atoms with van der Waals surface area (Å²) in [5, 5.41) is 0. The summed E-state index contributed by atoms with van der Waals surface area (Å²) in [6.45, 7) is 9.69. The lowest BCUT2D eigenvalue weighted by atomic mass is 9.62. The first-order valence-electron chi connectivity index (χ1n) is 6.72. The van der Waals surface area contributed by atoms with E-state index in [-0.39, 0.29) is 0 Å². The number of hydrogen-bond donors (Lipinski definition) is 0. The van der Waals surface area contributed by atoms with Crippen LogP contribution in [0.5, 0.6) is 0 Å². The molecule has 17 heavy (non-hydrogen) atoms. The van der Waals surface area contributed by atoms with Gasteiger partial charge in [0.1, 0.15) is 0 Å². The van der Waals surface area contributed by atoms with Crippen molar-refractivity contribution in [3.63, 3.8) is 0 Å². The first kappa shape index (κ1) is 14.3. The number of rotatable bonds is 5. The molecule has 0 radical (unpaired) electrons. The topological polar surface area (TPSA) is 26.3 Å². The molecule has 0 aliphatic heterocycles. The van der Waals surface area contributed by atoms with Gasteiger partial charge >= 0.3 is 0 Å². The van der Waals surface area contributed by atoms with Crippen LogP contribution in [0.3, 0.4) is 0 Å². The number of carbonyl (C=O) groups is 1. The van der Waals surface area contributed by atoms with Crippen molar-refractivity contribution < 1.29 is 9.53 Å². The minimum absolute atomic E-state index is 0.462. The van der Waals surface area contributed by atoms with Gasteiger partial charge in [0, 0.05) is 0 Å². The molecule has 0 aromatic heterocycles. The fraction of sp³-hybridized carbons (Fsp3) is 0.800. The zero-order chi connectivity index (χ0) is 12.9. The maximum Gasteiger partial charge on any atom is 0.297 e. The van der Waals surface area contributed by atoms with Crippen molar-refractivity contribution in [1.29, 1.82) is 0 Å². The summed E-state index contributed by atoms with van der Waals surface area (Å²) in [5.41, 5.74) is 1.62. The molecule has 0 aromatic rings. The Bertz CT molecular complexity index is 279. The molecular weight excluding hydrogens is 212 g/mol. The maximum absolute atomic E-state index is 10.1. The molecule has 0 aromatic carbocycles. The third kappa shape index (κ3) is 4.18. The molecule has 1 saturated carbocycles. The lowest BCUT2D eigenvalue weighted by Crippen LogP contribution is -2.33. The van der Waals surface area contributed by atoms with Gasteiger partial charge in [-0.2, -0.15) is 0 Å². The summed E-state index contributed by atoms with van der Waals surface area (Å²) in [6, 6.07) is 0. The molecule has 1 aliphatic rings. The van der Waals surface area contributed by atoms with Crippen molar-refractivity contribution in [2.75, 3.05) is 0 Å². The molecule has 2 atom stereocenters. The van der Waals surface area contributed by atoms with Crippen LogP contribution < -0.4 is 0 Å². The number of ether oxygens (including phenoxy) is 1. The molecule has 0 amide bonds. The Kier molecular flexibility index (Phi) is 5.23. The van der Waals surface area contributed by atoms with E-state index in [1.807, 2.05) is 6.92 Å². The van der Waals surface area contributed by atoms with E-state index in [1.165, 1.54) is 25.7 Å². The van der Waals surface area contributed by atoms with Crippen molar-refractivity contribution in [2.24, 2.45) is 17.3 Å². The third-order valence-electron chi connectivity index (χ3n) is 4.35. The average Bonchev–Trinajstić information content (AvgIpc) is 2.24. The Morgan fingerprint density at radius 2 is 2.18 bits per heavy atom. The van der Waals surface area contributed by atoms with Gasteiger partial charge in [-0.25, -0.2) is 0 Å². The molecule has 1 aliphatic carbocycles. The van der Waals surface area contributed by atoms with Gasteiger partial charge in [0.25, 0.3) is 6.47 Å². The fourth-order valence-electron chi connectivity index (χ4n) is 3.30. The summed E-state index contributed by atoms with van der Waals surface area (Å²) >= 11 is 0. The van der Waals surface area contributed by atoms with Gasteiger partial charge in [-0.15, -0.1) is 0 Å². The van der Waals surface area contributed by atoms with E-state index in [0.29, 0.717) is 11.9 Å². The Balaban J connectivity index is 2.51. The van der Waals surface area contributed by atoms with E-state index >= 15 is 0 Å². The van der Waals surface area contributed by atoms with E-state index in [9.17, 15) is 4.79 Å². The van der Waals surface area contributed by atoms with Crippen molar-refractivity contribution in [2.45, 2.75) is 59.8 Å². The van der Waals surface area contributed by atoms with E-state index in [4.69, 9.17) is 0 Å². The standard InChI is InChI=1S/C15H26O2/c1-12(10-17-11-16)7-8-14-13(2)6-5-9-15(14,3)4/h10-11,13-14H,5-9H2,1-4H3/b12-10+. The second-order valence-corrected chi connectivity index (χ2v) is 6.20. The van der Waals surface area contributed by atoms with Gasteiger partial charge in [-0.05, 0) is 49.0 Å². The molecule has 0 heterocycles. The SMILES string of the molecule is C/C(=C\OC=O)CCC1C(C)CCCC1(C)C. The maximum atomic E-state index is 10.1. The molecule has 2 unspecified atom stereocenters. The first-order valence-corrected chi connectivity index (χ1v) is 6.72. The summed E-state index contributed by atoms with van der Waals surface area (Å²) < 4.78 is 4.67. The van der Waals surface area contributed by atoms with Crippen LogP contribution in [0.15, 0.2) is 11.8 Å². The minimum Gasteiger partial charge on any atom is -0.437 e. The molecule has 0 bridgehead atoms. The molecule has 0 spiro atoms. The van der Waals surface area contributed by atoms with Crippen molar-refractivity contribution in [3.05, 3.63) is 11.8 Å². The lowest BCUT2D eigenvalue weighted by Gasteiger charge is -2.43. The van der Waals surface area contributed by atoms with Crippen LogP contribution >= 0.6 is 0 Å². The summed E-state index contributed by atoms with van der Waals surface area (Å²) in [7, 11) is 0. The predicted molar refractivity (Wildman–Crippen MR) is 70.4 cm³/mol. The van der Waals surface area contributed by atoms with Gasteiger partial charge in [0.15, 0.2) is 0 Å². The summed E-state index contributed by atoms with van der Waals surface area (Å²) in [6.07, 6.45) is 7.89. The van der Waals surface area contributed by atoms with Crippen LogP contribution in [-0.4, -0.2) is 6.47 Å². The van der Waals surface area contributed by atoms with Crippen LogP contribution in [0.25, 0.3) is 0 Å². The Morgan fingerprint density at radius 3 is 2.76 bits per heavy atom. The molecule has 0 N–H and O–H groups in total. The van der Waals surface area contributed by atoms with E-state index in [2.05, 4.69) is 25.5 Å². The third-order valence-corrected chi connectivity index (χ3v) is 4.35. The van der Waals surface area contributed by atoms with Gasteiger partial charge in [-0.1, -0.05) is 33.6 Å². The van der Waals surface area contributed by atoms with Crippen molar-refractivity contribution >= 4 is 6.47 Å². The highest BCUT2D eigenvalue weighted by atomic mass is 16.5. The molecule has 1 fully saturated rings. The van der Waals surface area contributed by atoms with Gasteiger partial charge < -0.3 is 4.74 Å². The summed E-state index contributed by atoms with van der Waals surface area (Å²) in [4.78, 5) is 10.1. The monoisotopic (exact) mass is 238 g/mol. The number of hydrogen-bond acceptors (Lipinski definition) is 2. The number of carbonyl (C=O) groups excluding carboxylic acids is 1. The van der Waals surface area contributed by atoms with E-state index in [1.54, 1.807) is 6.26 Å². The molecule has 0 saturated heterocycles. The first-order chi connectivity index (χ1) is 7.97. The second-order valence-electron chi connectivity index (χ2n) is 6.20. The van der Waals surface area contributed by atoms with E-state index in [0.717, 1.165) is 23.8 Å². The molecule has 1 rings (SSSR count). The Labute approximate surface area is 105 Å². The van der Waals surface area contributed by atoms with E-state index < -0.39 is 0 Å². The fourth-order valence-corrected chi connectivity index (χ4v) is 3.30. The molecule has 98 valence electrons. The van der Waals surface area contributed by atoms with Crippen molar-refractivity contribution in [1.82, 2.24) is 0 Å². The highest BCUT2D eigenvalue weighted by Gasteiger charge is 2.36. The normalized spacial score (nSPS) is 28.8.